The molecule has 1 atom stereocenters. The Bertz CT molecular complexity index is 993. The average molecular weight is 461 g/mol. The van der Waals surface area contributed by atoms with Crippen molar-refractivity contribution in [1.29, 1.82) is 0 Å². The minimum atomic E-state index is -5.08. The number of rotatable bonds is 5. The highest BCUT2D eigenvalue weighted by Gasteiger charge is 2.42. The van der Waals surface area contributed by atoms with Crippen LogP contribution in [0, 0.1) is 5.92 Å². The molecule has 4 rings (SSSR count). The molecule has 13 heteroatoms. The van der Waals surface area contributed by atoms with Crippen LogP contribution in [0.4, 0.5) is 19.0 Å². The van der Waals surface area contributed by atoms with Crippen molar-refractivity contribution >= 4 is 21.8 Å². The monoisotopic (exact) mass is 461 g/mol. The van der Waals surface area contributed by atoms with E-state index in [1.165, 1.54) is 0 Å². The number of carboxylic acid groups (broad SMARTS) is 1. The van der Waals surface area contributed by atoms with Gasteiger partial charge in [-0.25, -0.2) is 18.2 Å². The van der Waals surface area contributed by atoms with Crippen LogP contribution in [0.5, 0.6) is 0 Å². The number of halogens is 3. The number of carbonyl (C=O) groups is 1. The van der Waals surface area contributed by atoms with Crippen LogP contribution < -0.4 is 5.32 Å². The van der Waals surface area contributed by atoms with Gasteiger partial charge in [0, 0.05) is 37.9 Å². The van der Waals surface area contributed by atoms with Crippen LogP contribution in [0.3, 0.4) is 0 Å². The Morgan fingerprint density at radius 1 is 1.19 bits per heavy atom. The number of carboxylic acids is 1. The van der Waals surface area contributed by atoms with E-state index in [2.05, 4.69) is 15.4 Å². The largest absolute Gasteiger partial charge is 0.490 e. The van der Waals surface area contributed by atoms with E-state index in [0.29, 0.717) is 26.2 Å². The molecule has 2 aromatic rings. The number of aliphatic carboxylic acids is 1. The Hall–Kier alpha value is -2.67. The zero-order valence-electron chi connectivity index (χ0n) is 16.4. The molecular formula is C18H22F3N5O4S. The SMILES string of the molecule is O=C(O)C(F)(F)F.O=S(=O)(C1CC1)N1Cc2ccnn2CC(CNc2ccccn2)C1. The highest BCUT2D eigenvalue weighted by atomic mass is 32.2. The zero-order valence-corrected chi connectivity index (χ0v) is 17.2. The lowest BCUT2D eigenvalue weighted by Gasteiger charge is -2.23. The van der Waals surface area contributed by atoms with E-state index in [1.807, 2.05) is 28.9 Å². The lowest BCUT2D eigenvalue weighted by Crippen LogP contribution is -2.38. The molecule has 170 valence electrons. The van der Waals surface area contributed by atoms with E-state index in [9.17, 15) is 21.6 Å². The summed E-state index contributed by atoms with van der Waals surface area (Å²) in [5.41, 5.74) is 0.958. The van der Waals surface area contributed by atoms with Crippen molar-refractivity contribution in [3.8, 4) is 0 Å². The quantitative estimate of drug-likeness (QED) is 0.699. The van der Waals surface area contributed by atoms with Gasteiger partial charge < -0.3 is 10.4 Å². The first-order valence-corrected chi connectivity index (χ1v) is 11.0. The van der Waals surface area contributed by atoms with Crippen molar-refractivity contribution in [2.45, 2.75) is 37.4 Å². The third-order valence-electron chi connectivity index (χ3n) is 4.82. The summed E-state index contributed by atoms with van der Waals surface area (Å²) in [6, 6.07) is 7.62. The maximum atomic E-state index is 12.7. The zero-order chi connectivity index (χ0) is 22.6. The molecule has 1 fully saturated rings. The number of fused-ring (bicyclic) bond motifs is 1. The molecule has 0 bridgehead atoms. The molecule has 9 nitrogen and oxygen atoms in total. The van der Waals surface area contributed by atoms with E-state index < -0.39 is 22.2 Å². The molecule has 1 saturated carbocycles. The van der Waals surface area contributed by atoms with Gasteiger partial charge in [0.1, 0.15) is 5.82 Å². The number of pyridine rings is 1. The standard InChI is InChI=1S/C16H21N5O2S.C2HF3O2/c22-24(23,15-4-5-15)20-10-13(9-18-16-3-1-2-7-17-16)11-21-14(12-20)6-8-19-21;3-2(4,5)1(6)7/h1-3,6-8,13,15H,4-5,9-12H2,(H,17,18);(H,6,7). The number of nitrogens with one attached hydrogen (secondary N) is 1. The van der Waals surface area contributed by atoms with Crippen LogP contribution in [0.2, 0.25) is 0 Å². The van der Waals surface area contributed by atoms with Gasteiger partial charge in [0.15, 0.2) is 0 Å². The minimum Gasteiger partial charge on any atom is -0.475 e. The second kappa shape index (κ2) is 9.22. The molecule has 2 aliphatic rings. The van der Waals surface area contributed by atoms with Gasteiger partial charge in [-0.15, -0.1) is 0 Å². The molecule has 0 radical (unpaired) electrons. The summed E-state index contributed by atoms with van der Waals surface area (Å²) in [6.45, 7) is 2.30. The van der Waals surface area contributed by atoms with Gasteiger partial charge in [-0.2, -0.15) is 22.6 Å². The number of nitrogens with zero attached hydrogens (tertiary/aromatic N) is 4. The average Bonchev–Trinajstić information content (AvgIpc) is 3.51. The molecule has 1 unspecified atom stereocenters. The molecule has 2 aromatic heterocycles. The predicted octanol–water partition coefficient (Wildman–Crippen LogP) is 1.95. The summed E-state index contributed by atoms with van der Waals surface area (Å²) < 4.78 is 60.7. The van der Waals surface area contributed by atoms with Gasteiger partial charge in [0.05, 0.1) is 17.5 Å². The molecule has 0 spiro atoms. The first-order chi connectivity index (χ1) is 14.6. The second-order valence-electron chi connectivity index (χ2n) is 7.31. The van der Waals surface area contributed by atoms with Crippen LogP contribution in [-0.4, -0.2) is 63.1 Å². The summed E-state index contributed by atoms with van der Waals surface area (Å²) in [7, 11) is -3.20. The molecule has 31 heavy (non-hydrogen) atoms. The summed E-state index contributed by atoms with van der Waals surface area (Å²) in [4.78, 5) is 13.2. The van der Waals surface area contributed by atoms with Crippen molar-refractivity contribution in [2.75, 3.05) is 18.4 Å². The van der Waals surface area contributed by atoms with Crippen molar-refractivity contribution < 1.29 is 31.5 Å². The van der Waals surface area contributed by atoms with Crippen molar-refractivity contribution in [3.05, 3.63) is 42.4 Å². The maximum Gasteiger partial charge on any atom is 0.490 e. The Morgan fingerprint density at radius 2 is 1.90 bits per heavy atom. The van der Waals surface area contributed by atoms with Gasteiger partial charge in [0.25, 0.3) is 0 Å². The first kappa shape index (κ1) is 23.0. The summed E-state index contributed by atoms with van der Waals surface area (Å²) in [5, 5.41) is 14.6. The summed E-state index contributed by atoms with van der Waals surface area (Å²) in [6.07, 6.45) is -0.0272. The fraction of sp³-hybridized carbons (Fsp3) is 0.500. The number of anilines is 1. The summed E-state index contributed by atoms with van der Waals surface area (Å²) in [5.74, 6) is -1.81. The summed E-state index contributed by atoms with van der Waals surface area (Å²) >= 11 is 0. The van der Waals surface area contributed by atoms with Crippen LogP contribution in [0.25, 0.3) is 0 Å². The predicted molar refractivity (Wildman–Crippen MR) is 104 cm³/mol. The van der Waals surface area contributed by atoms with E-state index >= 15 is 0 Å². The Morgan fingerprint density at radius 3 is 2.48 bits per heavy atom. The highest BCUT2D eigenvalue weighted by molar-refractivity contribution is 7.90. The van der Waals surface area contributed by atoms with Crippen LogP contribution >= 0.6 is 0 Å². The number of aromatic nitrogens is 3. The Balaban J connectivity index is 0.000000339. The van der Waals surface area contributed by atoms with E-state index in [1.54, 1.807) is 16.7 Å². The van der Waals surface area contributed by atoms with Crippen LogP contribution in [-0.2, 0) is 27.9 Å². The number of alkyl halides is 3. The fourth-order valence-corrected chi connectivity index (χ4v) is 4.99. The van der Waals surface area contributed by atoms with Gasteiger partial charge in [0.2, 0.25) is 10.0 Å². The van der Waals surface area contributed by atoms with Crippen molar-refractivity contribution in [1.82, 2.24) is 19.1 Å². The maximum absolute atomic E-state index is 12.7. The van der Waals surface area contributed by atoms with E-state index in [4.69, 9.17) is 9.90 Å². The molecule has 1 aliphatic carbocycles. The number of sulfonamides is 1. The number of hydrogen-bond acceptors (Lipinski definition) is 6. The lowest BCUT2D eigenvalue weighted by atomic mass is 10.1. The Labute approximate surface area is 176 Å². The third kappa shape index (κ3) is 6.17. The van der Waals surface area contributed by atoms with E-state index in [0.717, 1.165) is 24.4 Å². The highest BCUT2D eigenvalue weighted by Crippen LogP contribution is 2.33. The molecule has 0 aromatic carbocycles. The lowest BCUT2D eigenvalue weighted by molar-refractivity contribution is -0.192. The normalized spacial score (nSPS) is 19.5. The van der Waals surface area contributed by atoms with Crippen LogP contribution in [0.1, 0.15) is 18.5 Å². The van der Waals surface area contributed by atoms with Gasteiger partial charge in [-0.1, -0.05) is 6.07 Å². The molecule has 2 N–H and O–H groups in total. The second-order valence-corrected chi connectivity index (χ2v) is 9.52. The molecule has 1 aliphatic heterocycles. The van der Waals surface area contributed by atoms with Gasteiger partial charge >= 0.3 is 12.1 Å². The molecule has 0 saturated heterocycles. The van der Waals surface area contributed by atoms with Crippen molar-refractivity contribution in [3.63, 3.8) is 0 Å². The Kier molecular flexibility index (Phi) is 6.84. The van der Waals surface area contributed by atoms with E-state index in [-0.39, 0.29) is 11.2 Å². The van der Waals surface area contributed by atoms with Gasteiger partial charge in [-0.05, 0) is 31.0 Å². The first-order valence-electron chi connectivity index (χ1n) is 9.52. The topological polar surface area (TPSA) is 117 Å². The number of hydrogen-bond donors (Lipinski definition) is 2. The van der Waals surface area contributed by atoms with Gasteiger partial charge in [-0.3, -0.25) is 4.68 Å². The van der Waals surface area contributed by atoms with Crippen LogP contribution in [0.15, 0.2) is 36.7 Å². The molecule has 0 amide bonds. The fourth-order valence-electron chi connectivity index (χ4n) is 3.11. The molecule has 3 heterocycles. The van der Waals surface area contributed by atoms with Crippen molar-refractivity contribution in [2.24, 2.45) is 5.92 Å². The minimum absolute atomic E-state index is 0.140. The molecular weight excluding hydrogens is 439 g/mol. The third-order valence-corrected chi connectivity index (χ3v) is 7.13. The smallest absolute Gasteiger partial charge is 0.475 e.